The van der Waals surface area contributed by atoms with Gasteiger partial charge in [0.15, 0.2) is 0 Å². The van der Waals surface area contributed by atoms with Gasteiger partial charge in [0, 0.05) is 12.6 Å². The molecule has 88 valence electrons. The van der Waals surface area contributed by atoms with E-state index in [1.165, 1.54) is 12.8 Å². The summed E-state index contributed by atoms with van der Waals surface area (Å²) in [5.41, 5.74) is 6.10. The zero-order chi connectivity index (χ0) is 11.8. The van der Waals surface area contributed by atoms with Gasteiger partial charge in [-0.05, 0) is 40.1 Å². The second kappa shape index (κ2) is 4.20. The minimum atomic E-state index is 0.445. The van der Waals surface area contributed by atoms with Crippen molar-refractivity contribution in [2.24, 2.45) is 11.3 Å². The van der Waals surface area contributed by atoms with E-state index in [2.05, 4.69) is 45.1 Å². The Morgan fingerprint density at radius 1 is 1.50 bits per heavy atom. The third-order valence-electron chi connectivity index (χ3n) is 3.43. The van der Waals surface area contributed by atoms with Gasteiger partial charge in [0.05, 0.1) is 0 Å². The minimum absolute atomic E-state index is 0.445. The summed E-state index contributed by atoms with van der Waals surface area (Å²) in [5.74, 6) is 1.79. The molecule has 1 aromatic heterocycles. The average molecular weight is 285 g/mol. The van der Waals surface area contributed by atoms with Crippen molar-refractivity contribution < 1.29 is 0 Å². The van der Waals surface area contributed by atoms with Crippen LogP contribution in [0, 0.1) is 11.3 Å². The maximum absolute atomic E-state index is 5.65. The highest BCUT2D eigenvalue weighted by molar-refractivity contribution is 9.10. The summed E-state index contributed by atoms with van der Waals surface area (Å²) in [4.78, 5) is 8.39. The van der Waals surface area contributed by atoms with E-state index in [1.807, 2.05) is 0 Å². The molecule has 3 N–H and O–H groups in total. The van der Waals surface area contributed by atoms with Crippen LogP contribution in [-0.2, 0) is 0 Å². The number of rotatable bonds is 4. The van der Waals surface area contributed by atoms with Crippen LogP contribution in [0.4, 0.5) is 11.8 Å². The van der Waals surface area contributed by atoms with E-state index in [4.69, 9.17) is 5.73 Å². The number of anilines is 2. The summed E-state index contributed by atoms with van der Waals surface area (Å²) in [5, 5.41) is 3.28. The van der Waals surface area contributed by atoms with E-state index in [0.29, 0.717) is 23.1 Å². The minimum Gasteiger partial charge on any atom is -0.383 e. The van der Waals surface area contributed by atoms with Gasteiger partial charge < -0.3 is 11.1 Å². The largest absolute Gasteiger partial charge is 0.383 e. The molecule has 0 bridgehead atoms. The molecule has 1 aliphatic rings. The van der Waals surface area contributed by atoms with Gasteiger partial charge in [0.25, 0.3) is 0 Å². The number of nitrogens with one attached hydrogen (secondary N) is 1. The normalized spacial score (nSPS) is 17.5. The molecule has 1 aliphatic carbocycles. The van der Waals surface area contributed by atoms with Crippen LogP contribution in [0.5, 0.6) is 0 Å². The molecule has 5 heteroatoms. The SMILES string of the molecule is CC(C)C1(CNc2nc(N)cc(Br)n2)CC1. The first-order chi connectivity index (χ1) is 7.52. The number of nitrogen functional groups attached to an aromatic ring is 1. The topological polar surface area (TPSA) is 63.8 Å². The molecule has 2 rings (SSSR count). The molecule has 1 saturated carbocycles. The molecule has 1 heterocycles. The van der Waals surface area contributed by atoms with Gasteiger partial charge in [-0.3, -0.25) is 0 Å². The van der Waals surface area contributed by atoms with Crippen LogP contribution in [0.1, 0.15) is 26.7 Å². The van der Waals surface area contributed by atoms with Crippen molar-refractivity contribution in [1.82, 2.24) is 9.97 Å². The molecule has 0 amide bonds. The Kier molecular flexibility index (Phi) is 3.06. The van der Waals surface area contributed by atoms with Crippen molar-refractivity contribution in [3.8, 4) is 0 Å². The zero-order valence-electron chi connectivity index (χ0n) is 9.63. The van der Waals surface area contributed by atoms with Gasteiger partial charge in [0.1, 0.15) is 10.4 Å². The lowest BCUT2D eigenvalue weighted by atomic mass is 9.92. The summed E-state index contributed by atoms with van der Waals surface area (Å²) in [6.07, 6.45) is 2.59. The number of nitrogens with zero attached hydrogens (tertiary/aromatic N) is 2. The monoisotopic (exact) mass is 284 g/mol. The van der Waals surface area contributed by atoms with Crippen molar-refractivity contribution in [2.75, 3.05) is 17.6 Å². The van der Waals surface area contributed by atoms with Crippen molar-refractivity contribution in [3.63, 3.8) is 0 Å². The second-order valence-corrected chi connectivity index (χ2v) is 5.62. The first kappa shape index (κ1) is 11.6. The Morgan fingerprint density at radius 3 is 2.69 bits per heavy atom. The van der Waals surface area contributed by atoms with Gasteiger partial charge in [-0.25, -0.2) is 4.98 Å². The fraction of sp³-hybridized carbons (Fsp3) is 0.636. The standard InChI is InChI=1S/C11H17BrN4/c1-7(2)11(3-4-11)6-14-10-15-8(12)5-9(13)16-10/h5,7H,3-4,6H2,1-2H3,(H3,13,14,15,16). The smallest absolute Gasteiger partial charge is 0.225 e. The van der Waals surface area contributed by atoms with E-state index in [1.54, 1.807) is 6.07 Å². The Bertz CT molecular complexity index is 367. The Morgan fingerprint density at radius 2 is 2.19 bits per heavy atom. The maximum atomic E-state index is 5.65. The van der Waals surface area contributed by atoms with E-state index >= 15 is 0 Å². The number of hydrogen-bond donors (Lipinski definition) is 2. The number of aromatic nitrogens is 2. The average Bonchev–Trinajstić information content (AvgIpc) is 2.94. The molecule has 16 heavy (non-hydrogen) atoms. The summed E-state index contributed by atoms with van der Waals surface area (Å²) < 4.78 is 0.719. The van der Waals surface area contributed by atoms with Crippen molar-refractivity contribution >= 4 is 27.7 Å². The summed E-state index contributed by atoms with van der Waals surface area (Å²) >= 11 is 3.31. The van der Waals surface area contributed by atoms with Gasteiger partial charge >= 0.3 is 0 Å². The third-order valence-corrected chi connectivity index (χ3v) is 3.84. The molecule has 1 aromatic rings. The molecular formula is C11H17BrN4. The molecule has 0 saturated heterocycles. The van der Waals surface area contributed by atoms with Crippen molar-refractivity contribution in [2.45, 2.75) is 26.7 Å². The molecule has 0 aliphatic heterocycles. The lowest BCUT2D eigenvalue weighted by molar-refractivity contribution is 0.379. The van der Waals surface area contributed by atoms with Gasteiger partial charge in [-0.2, -0.15) is 4.98 Å². The highest BCUT2D eigenvalue weighted by Gasteiger charge is 2.45. The van der Waals surface area contributed by atoms with Crippen LogP contribution >= 0.6 is 15.9 Å². The van der Waals surface area contributed by atoms with Crippen LogP contribution in [0.15, 0.2) is 10.7 Å². The second-order valence-electron chi connectivity index (χ2n) is 4.81. The predicted molar refractivity (Wildman–Crippen MR) is 69.1 cm³/mol. The molecule has 0 spiro atoms. The first-order valence-corrected chi connectivity index (χ1v) is 6.35. The fourth-order valence-corrected chi connectivity index (χ4v) is 2.29. The molecular weight excluding hydrogens is 268 g/mol. The van der Waals surface area contributed by atoms with E-state index in [-0.39, 0.29) is 0 Å². The number of halogens is 1. The molecule has 1 fully saturated rings. The van der Waals surface area contributed by atoms with E-state index < -0.39 is 0 Å². The van der Waals surface area contributed by atoms with Crippen LogP contribution in [0.2, 0.25) is 0 Å². The Balaban J connectivity index is 2.00. The summed E-state index contributed by atoms with van der Waals surface area (Å²) in [7, 11) is 0. The number of hydrogen-bond acceptors (Lipinski definition) is 4. The summed E-state index contributed by atoms with van der Waals surface area (Å²) in [6, 6.07) is 1.69. The van der Waals surface area contributed by atoms with Crippen LogP contribution in [-0.4, -0.2) is 16.5 Å². The lowest BCUT2D eigenvalue weighted by Gasteiger charge is -2.19. The lowest BCUT2D eigenvalue weighted by Crippen LogP contribution is -2.22. The molecule has 0 unspecified atom stereocenters. The molecule has 4 nitrogen and oxygen atoms in total. The third kappa shape index (κ3) is 2.45. The van der Waals surface area contributed by atoms with E-state index in [9.17, 15) is 0 Å². The van der Waals surface area contributed by atoms with Crippen molar-refractivity contribution in [3.05, 3.63) is 10.7 Å². The Hall–Kier alpha value is -0.840. The first-order valence-electron chi connectivity index (χ1n) is 5.56. The zero-order valence-corrected chi connectivity index (χ0v) is 11.2. The van der Waals surface area contributed by atoms with Crippen LogP contribution < -0.4 is 11.1 Å². The highest BCUT2D eigenvalue weighted by Crippen LogP contribution is 2.51. The van der Waals surface area contributed by atoms with Crippen LogP contribution in [0.25, 0.3) is 0 Å². The van der Waals surface area contributed by atoms with E-state index in [0.717, 1.165) is 11.1 Å². The number of nitrogens with two attached hydrogens (primary N) is 1. The molecule has 0 radical (unpaired) electrons. The van der Waals surface area contributed by atoms with Gasteiger partial charge in [-0.1, -0.05) is 13.8 Å². The van der Waals surface area contributed by atoms with Crippen molar-refractivity contribution in [1.29, 1.82) is 0 Å². The molecule has 0 atom stereocenters. The summed E-state index contributed by atoms with van der Waals surface area (Å²) in [6.45, 7) is 5.47. The Labute approximate surface area is 104 Å². The quantitative estimate of drug-likeness (QED) is 0.835. The fourth-order valence-electron chi connectivity index (χ4n) is 1.89. The predicted octanol–water partition coefficient (Wildman–Crippen LogP) is 2.67. The molecule has 0 aromatic carbocycles. The highest BCUT2D eigenvalue weighted by atomic mass is 79.9. The van der Waals surface area contributed by atoms with Gasteiger partial charge in [-0.15, -0.1) is 0 Å². The van der Waals surface area contributed by atoms with Gasteiger partial charge in [0.2, 0.25) is 5.95 Å². The van der Waals surface area contributed by atoms with Crippen LogP contribution in [0.3, 0.4) is 0 Å². The maximum Gasteiger partial charge on any atom is 0.225 e.